The number of pyridine rings is 1. The molecule has 0 aliphatic heterocycles. The van der Waals surface area contributed by atoms with Crippen LogP contribution in [-0.4, -0.2) is 10.8 Å². The van der Waals surface area contributed by atoms with Crippen molar-refractivity contribution in [3.05, 3.63) is 50.4 Å². The number of hydrogen-bond donors (Lipinski definition) is 0. The normalized spacial score (nSPS) is 11.6. The van der Waals surface area contributed by atoms with E-state index in [1.165, 1.54) is 11.3 Å². The van der Waals surface area contributed by atoms with E-state index in [4.69, 9.17) is 0 Å². The highest BCUT2D eigenvalue weighted by Gasteiger charge is 2.31. The van der Waals surface area contributed by atoms with Crippen LogP contribution in [0.15, 0.2) is 33.6 Å². The molecule has 7 heteroatoms. The van der Waals surface area contributed by atoms with Crippen LogP contribution in [0, 0.1) is 0 Å². The molecule has 0 aliphatic carbocycles. The van der Waals surface area contributed by atoms with E-state index in [-0.39, 0.29) is 5.69 Å². The predicted octanol–water partition coefficient (Wildman–Crippen LogP) is 4.16. The summed E-state index contributed by atoms with van der Waals surface area (Å²) in [5.74, 6) is -0.406. The molecule has 0 N–H and O–H groups in total. The maximum absolute atomic E-state index is 12.3. The Bertz CT molecular complexity index is 577. The standard InChI is InChI=1S/C11H5BrF3NOS/c12-8-5-18-4-7(8)10(17)9-2-1-6(3-16-9)11(13,14)15/h1-5H. The van der Waals surface area contributed by atoms with Crippen LogP contribution < -0.4 is 0 Å². The summed E-state index contributed by atoms with van der Waals surface area (Å²) in [6.07, 6.45) is -3.79. The molecule has 0 spiro atoms. The molecule has 0 saturated carbocycles. The summed E-state index contributed by atoms with van der Waals surface area (Å²) in [6, 6.07) is 1.93. The van der Waals surface area contributed by atoms with Gasteiger partial charge in [0, 0.05) is 27.0 Å². The van der Waals surface area contributed by atoms with Gasteiger partial charge in [0.2, 0.25) is 5.78 Å². The summed E-state index contributed by atoms with van der Waals surface area (Å²) in [5.41, 5.74) is -0.488. The molecular weight excluding hydrogens is 331 g/mol. The van der Waals surface area contributed by atoms with E-state index in [0.717, 1.165) is 12.1 Å². The SMILES string of the molecule is O=C(c1ccc(C(F)(F)F)cn1)c1cscc1Br. The first-order chi connectivity index (χ1) is 8.39. The average molecular weight is 336 g/mol. The summed E-state index contributed by atoms with van der Waals surface area (Å²) < 4.78 is 37.6. The maximum Gasteiger partial charge on any atom is 0.417 e. The fourth-order valence-electron chi connectivity index (χ4n) is 1.28. The minimum atomic E-state index is -4.45. The molecule has 2 heterocycles. The Morgan fingerprint density at radius 1 is 1.28 bits per heavy atom. The summed E-state index contributed by atoms with van der Waals surface area (Å²) in [5, 5.41) is 3.34. The second kappa shape index (κ2) is 4.81. The zero-order valence-corrected chi connectivity index (χ0v) is 11.1. The van der Waals surface area contributed by atoms with Crippen LogP contribution in [0.3, 0.4) is 0 Å². The van der Waals surface area contributed by atoms with Gasteiger partial charge >= 0.3 is 6.18 Å². The summed E-state index contributed by atoms with van der Waals surface area (Å²) in [6.45, 7) is 0. The lowest BCUT2D eigenvalue weighted by atomic mass is 10.1. The van der Waals surface area contributed by atoms with Crippen LogP contribution in [0.1, 0.15) is 21.6 Å². The minimum Gasteiger partial charge on any atom is -0.287 e. The third-order valence-corrected chi connectivity index (χ3v) is 3.89. The van der Waals surface area contributed by atoms with Crippen molar-refractivity contribution in [2.45, 2.75) is 6.18 Å². The van der Waals surface area contributed by atoms with Crippen molar-refractivity contribution in [2.24, 2.45) is 0 Å². The average Bonchev–Trinajstić information content (AvgIpc) is 2.73. The van der Waals surface area contributed by atoms with Gasteiger partial charge in [-0.05, 0) is 28.1 Å². The van der Waals surface area contributed by atoms with E-state index in [9.17, 15) is 18.0 Å². The van der Waals surface area contributed by atoms with Crippen LogP contribution in [0.2, 0.25) is 0 Å². The predicted molar refractivity (Wildman–Crippen MR) is 64.7 cm³/mol. The van der Waals surface area contributed by atoms with Crippen molar-refractivity contribution in [1.82, 2.24) is 4.98 Å². The van der Waals surface area contributed by atoms with E-state index in [2.05, 4.69) is 20.9 Å². The van der Waals surface area contributed by atoms with E-state index in [1.54, 1.807) is 10.8 Å². The molecule has 0 bridgehead atoms. The van der Waals surface area contributed by atoms with Gasteiger partial charge in [0.05, 0.1) is 5.56 Å². The first kappa shape index (κ1) is 13.2. The van der Waals surface area contributed by atoms with Crippen LogP contribution >= 0.6 is 27.3 Å². The maximum atomic E-state index is 12.3. The van der Waals surface area contributed by atoms with Crippen molar-refractivity contribution in [3.63, 3.8) is 0 Å². The highest BCUT2D eigenvalue weighted by molar-refractivity contribution is 9.10. The number of alkyl halides is 3. The molecule has 0 fully saturated rings. The van der Waals surface area contributed by atoms with Gasteiger partial charge in [-0.25, -0.2) is 0 Å². The quantitative estimate of drug-likeness (QED) is 0.771. The number of hydrogen-bond acceptors (Lipinski definition) is 3. The topological polar surface area (TPSA) is 30.0 Å². The fraction of sp³-hybridized carbons (Fsp3) is 0.0909. The number of rotatable bonds is 2. The number of aromatic nitrogens is 1. The van der Waals surface area contributed by atoms with Crippen LogP contribution in [0.4, 0.5) is 13.2 Å². The third-order valence-electron chi connectivity index (χ3n) is 2.18. The van der Waals surface area contributed by atoms with Gasteiger partial charge in [-0.1, -0.05) is 0 Å². The van der Waals surface area contributed by atoms with Gasteiger partial charge in [0.15, 0.2) is 0 Å². The highest BCUT2D eigenvalue weighted by atomic mass is 79.9. The number of carbonyl (C=O) groups excluding carboxylic acids is 1. The summed E-state index contributed by atoms with van der Waals surface area (Å²) in [7, 11) is 0. The van der Waals surface area contributed by atoms with Crippen LogP contribution in [-0.2, 0) is 6.18 Å². The zero-order chi connectivity index (χ0) is 13.3. The monoisotopic (exact) mass is 335 g/mol. The number of nitrogens with zero attached hydrogens (tertiary/aromatic N) is 1. The smallest absolute Gasteiger partial charge is 0.287 e. The number of carbonyl (C=O) groups is 1. The largest absolute Gasteiger partial charge is 0.417 e. The van der Waals surface area contributed by atoms with E-state index < -0.39 is 17.5 Å². The highest BCUT2D eigenvalue weighted by Crippen LogP contribution is 2.29. The molecule has 0 atom stereocenters. The second-order valence-corrected chi connectivity index (χ2v) is 4.99. The van der Waals surface area contributed by atoms with E-state index >= 15 is 0 Å². The molecule has 2 aromatic heterocycles. The molecular formula is C11H5BrF3NOS. The molecule has 0 saturated heterocycles. The number of ketones is 1. The molecule has 0 aromatic carbocycles. The lowest BCUT2D eigenvalue weighted by Gasteiger charge is -2.06. The van der Waals surface area contributed by atoms with Crippen molar-refractivity contribution < 1.29 is 18.0 Å². The molecule has 0 aliphatic rings. The molecule has 0 radical (unpaired) electrons. The van der Waals surface area contributed by atoms with Crippen molar-refractivity contribution in [2.75, 3.05) is 0 Å². The molecule has 2 rings (SSSR count). The molecule has 0 amide bonds. The number of halogens is 4. The molecule has 2 nitrogen and oxygen atoms in total. The summed E-state index contributed by atoms with van der Waals surface area (Å²) in [4.78, 5) is 15.5. The molecule has 0 unspecified atom stereocenters. The number of thiophene rings is 1. The fourth-order valence-corrected chi connectivity index (χ4v) is 2.73. The Hall–Kier alpha value is -1.21. The van der Waals surface area contributed by atoms with E-state index in [0.29, 0.717) is 16.2 Å². The molecule has 2 aromatic rings. The van der Waals surface area contributed by atoms with Gasteiger partial charge in [-0.2, -0.15) is 24.5 Å². The van der Waals surface area contributed by atoms with Crippen LogP contribution in [0.5, 0.6) is 0 Å². The van der Waals surface area contributed by atoms with Gasteiger partial charge < -0.3 is 0 Å². The lowest BCUT2D eigenvalue weighted by molar-refractivity contribution is -0.137. The Kier molecular flexibility index (Phi) is 3.54. The zero-order valence-electron chi connectivity index (χ0n) is 8.66. The van der Waals surface area contributed by atoms with Crippen LogP contribution in [0.25, 0.3) is 0 Å². The Labute approximate surface area is 113 Å². The Balaban J connectivity index is 2.31. The lowest BCUT2D eigenvalue weighted by Crippen LogP contribution is -2.08. The van der Waals surface area contributed by atoms with Gasteiger partial charge in [-0.3, -0.25) is 9.78 Å². The molecule has 18 heavy (non-hydrogen) atoms. The summed E-state index contributed by atoms with van der Waals surface area (Å²) >= 11 is 4.51. The van der Waals surface area contributed by atoms with Gasteiger partial charge in [0.1, 0.15) is 5.69 Å². The van der Waals surface area contributed by atoms with Crippen molar-refractivity contribution in [1.29, 1.82) is 0 Å². The minimum absolute atomic E-state index is 0.0119. The first-order valence-electron chi connectivity index (χ1n) is 4.69. The Morgan fingerprint density at radius 2 is 2.00 bits per heavy atom. The van der Waals surface area contributed by atoms with Crippen molar-refractivity contribution in [3.8, 4) is 0 Å². The Morgan fingerprint density at radius 3 is 2.44 bits per heavy atom. The second-order valence-electron chi connectivity index (χ2n) is 3.39. The first-order valence-corrected chi connectivity index (χ1v) is 6.43. The van der Waals surface area contributed by atoms with E-state index in [1.807, 2.05) is 0 Å². The van der Waals surface area contributed by atoms with Crippen molar-refractivity contribution >= 4 is 33.0 Å². The van der Waals surface area contributed by atoms with Gasteiger partial charge in [0.25, 0.3) is 0 Å². The molecule has 94 valence electrons. The van der Waals surface area contributed by atoms with Gasteiger partial charge in [-0.15, -0.1) is 0 Å². The third kappa shape index (κ3) is 2.62.